The molecule has 0 aliphatic carbocycles. The van der Waals surface area contributed by atoms with Crippen LogP contribution in [0.1, 0.15) is 48.7 Å². The number of hydrogen-bond donors (Lipinski definition) is 0. The Hall–Kier alpha value is -2.67. The molecule has 2 aromatic rings. The highest BCUT2D eigenvalue weighted by Crippen LogP contribution is 2.21. The predicted octanol–water partition coefficient (Wildman–Crippen LogP) is 3.52. The molecule has 0 spiro atoms. The molecule has 0 aliphatic heterocycles. The van der Waals surface area contributed by atoms with E-state index in [4.69, 9.17) is 5.26 Å². The van der Waals surface area contributed by atoms with Gasteiger partial charge >= 0.3 is 0 Å². The van der Waals surface area contributed by atoms with E-state index >= 15 is 0 Å². The quantitative estimate of drug-likeness (QED) is 0.797. The molecule has 1 heterocycles. The first-order chi connectivity index (χ1) is 10.7. The molecule has 118 valence electrons. The Bertz CT molecular complexity index is 844. The zero-order valence-electron chi connectivity index (χ0n) is 14.2. The molecule has 1 aromatic carbocycles. The minimum atomic E-state index is -0.382. The fourth-order valence-electron chi connectivity index (χ4n) is 2.35. The molecule has 0 radical (unpaired) electrons. The number of aryl methyl sites for hydroxylation is 2. The maximum absolute atomic E-state index is 12.3. The van der Waals surface area contributed by atoms with Crippen molar-refractivity contribution < 1.29 is 0 Å². The van der Waals surface area contributed by atoms with Gasteiger partial charge in [-0.25, -0.2) is 4.68 Å². The van der Waals surface area contributed by atoms with Crippen LogP contribution in [0.25, 0.3) is 0 Å². The van der Waals surface area contributed by atoms with E-state index in [9.17, 15) is 4.79 Å². The van der Waals surface area contributed by atoms with Crippen LogP contribution in [-0.4, -0.2) is 10.9 Å². The molecule has 0 saturated carbocycles. The van der Waals surface area contributed by atoms with E-state index in [0.717, 1.165) is 5.56 Å². The van der Waals surface area contributed by atoms with Gasteiger partial charge in [0.2, 0.25) is 0 Å². The largest absolute Gasteiger partial charge is 0.289 e. The smallest absolute Gasteiger partial charge is 0.266 e. The Kier molecular flexibility index (Phi) is 4.51. The van der Waals surface area contributed by atoms with Crippen LogP contribution in [0, 0.1) is 25.2 Å². The van der Waals surface area contributed by atoms with Gasteiger partial charge in [0.15, 0.2) is 0 Å². The summed E-state index contributed by atoms with van der Waals surface area (Å²) in [4.78, 5) is 12.3. The Morgan fingerprint density at radius 3 is 2.30 bits per heavy atom. The first kappa shape index (κ1) is 16.7. The Labute approximate surface area is 136 Å². The molecule has 0 atom stereocenters. The predicted molar refractivity (Wildman–Crippen MR) is 93.0 cm³/mol. The van der Waals surface area contributed by atoms with Crippen LogP contribution in [0.3, 0.4) is 0 Å². The van der Waals surface area contributed by atoms with Crippen molar-refractivity contribution in [3.05, 3.63) is 68.6 Å². The number of benzene rings is 1. The Balaban J connectivity index is 2.38. The topological polar surface area (TPSA) is 58.1 Å². The summed E-state index contributed by atoms with van der Waals surface area (Å²) in [7, 11) is 0. The fraction of sp³-hybridized carbons (Fsp3) is 0.316. The molecule has 23 heavy (non-hydrogen) atoms. The standard InChI is InChI=1S/C19H21N3O/c1-13-10-14(2)22(18(23)17(13)11-20)21-12-15-6-8-16(9-7-15)19(3,4)5/h6-10,12H,1-5H3/b21-12-. The monoisotopic (exact) mass is 307 g/mol. The summed E-state index contributed by atoms with van der Waals surface area (Å²) >= 11 is 0. The van der Waals surface area contributed by atoms with Gasteiger partial charge in [0, 0.05) is 5.69 Å². The summed E-state index contributed by atoms with van der Waals surface area (Å²) in [6.07, 6.45) is 1.64. The second kappa shape index (κ2) is 6.21. The molecule has 4 heteroatoms. The van der Waals surface area contributed by atoms with Crippen molar-refractivity contribution in [1.29, 1.82) is 5.26 Å². The number of pyridine rings is 1. The average molecular weight is 307 g/mol. The maximum Gasteiger partial charge on any atom is 0.289 e. The summed E-state index contributed by atoms with van der Waals surface area (Å²) in [6.45, 7) is 10.0. The van der Waals surface area contributed by atoms with Gasteiger partial charge in [-0.3, -0.25) is 4.79 Å². The van der Waals surface area contributed by atoms with Crippen LogP contribution in [0.2, 0.25) is 0 Å². The average Bonchev–Trinajstić information content (AvgIpc) is 2.46. The first-order valence-corrected chi connectivity index (χ1v) is 7.52. The Morgan fingerprint density at radius 2 is 1.78 bits per heavy atom. The normalized spacial score (nSPS) is 11.7. The van der Waals surface area contributed by atoms with E-state index in [0.29, 0.717) is 11.3 Å². The summed E-state index contributed by atoms with van der Waals surface area (Å²) in [6, 6.07) is 11.8. The highest BCUT2D eigenvalue weighted by atomic mass is 16.1. The molecular formula is C19H21N3O. The zero-order chi connectivity index (χ0) is 17.2. The fourth-order valence-corrected chi connectivity index (χ4v) is 2.35. The first-order valence-electron chi connectivity index (χ1n) is 7.52. The molecule has 0 bridgehead atoms. The molecule has 0 N–H and O–H groups in total. The van der Waals surface area contributed by atoms with Crippen molar-refractivity contribution >= 4 is 6.21 Å². The molecule has 2 rings (SSSR count). The van der Waals surface area contributed by atoms with Crippen molar-refractivity contribution in [3.63, 3.8) is 0 Å². The molecule has 0 amide bonds. The van der Waals surface area contributed by atoms with Crippen LogP contribution >= 0.6 is 0 Å². The van der Waals surface area contributed by atoms with Crippen LogP contribution in [0.5, 0.6) is 0 Å². The third-order valence-corrected chi connectivity index (χ3v) is 3.77. The van der Waals surface area contributed by atoms with E-state index in [2.05, 4.69) is 38.0 Å². The van der Waals surface area contributed by atoms with Gasteiger partial charge in [0.25, 0.3) is 5.56 Å². The maximum atomic E-state index is 12.3. The van der Waals surface area contributed by atoms with Crippen molar-refractivity contribution in [2.75, 3.05) is 0 Å². The third-order valence-electron chi connectivity index (χ3n) is 3.77. The van der Waals surface area contributed by atoms with Gasteiger partial charge in [-0.15, -0.1) is 0 Å². The zero-order valence-corrected chi connectivity index (χ0v) is 14.2. The molecule has 4 nitrogen and oxygen atoms in total. The lowest BCUT2D eigenvalue weighted by atomic mass is 9.87. The van der Waals surface area contributed by atoms with Crippen LogP contribution in [0.15, 0.2) is 40.2 Å². The second-order valence-electron chi connectivity index (χ2n) is 6.69. The van der Waals surface area contributed by atoms with E-state index in [1.165, 1.54) is 10.2 Å². The molecule has 0 aliphatic rings. The lowest BCUT2D eigenvalue weighted by molar-refractivity contribution is 0.590. The molecule has 0 saturated heterocycles. The molecular weight excluding hydrogens is 286 g/mol. The van der Waals surface area contributed by atoms with Gasteiger partial charge in [-0.2, -0.15) is 10.4 Å². The molecule has 0 fully saturated rings. The van der Waals surface area contributed by atoms with Gasteiger partial charge in [0.1, 0.15) is 11.6 Å². The minimum absolute atomic E-state index is 0.0991. The van der Waals surface area contributed by atoms with Gasteiger partial charge in [-0.05, 0) is 42.0 Å². The van der Waals surface area contributed by atoms with Crippen molar-refractivity contribution in [2.24, 2.45) is 5.10 Å². The van der Waals surface area contributed by atoms with Gasteiger partial charge in [-0.1, -0.05) is 45.0 Å². The highest BCUT2D eigenvalue weighted by Gasteiger charge is 2.12. The SMILES string of the molecule is Cc1cc(C)n(/N=C\c2ccc(C(C)(C)C)cc2)c(=O)c1C#N. The highest BCUT2D eigenvalue weighted by molar-refractivity contribution is 5.79. The van der Waals surface area contributed by atoms with E-state index < -0.39 is 0 Å². The lowest BCUT2D eigenvalue weighted by Gasteiger charge is -2.18. The van der Waals surface area contributed by atoms with Crippen LogP contribution < -0.4 is 5.56 Å². The number of nitrogens with zero attached hydrogens (tertiary/aromatic N) is 3. The van der Waals surface area contributed by atoms with Crippen molar-refractivity contribution in [3.8, 4) is 6.07 Å². The molecule has 0 unspecified atom stereocenters. The number of hydrogen-bond acceptors (Lipinski definition) is 3. The third kappa shape index (κ3) is 3.57. The van der Waals surface area contributed by atoms with Gasteiger partial charge in [0.05, 0.1) is 6.21 Å². The van der Waals surface area contributed by atoms with Crippen molar-refractivity contribution in [1.82, 2.24) is 4.68 Å². The summed E-state index contributed by atoms with van der Waals surface area (Å²) in [5.74, 6) is 0. The number of nitriles is 1. The van der Waals surface area contributed by atoms with E-state index in [1.54, 1.807) is 26.1 Å². The summed E-state index contributed by atoms with van der Waals surface area (Å²) < 4.78 is 1.27. The lowest BCUT2D eigenvalue weighted by Crippen LogP contribution is -2.22. The van der Waals surface area contributed by atoms with Crippen molar-refractivity contribution in [2.45, 2.75) is 40.0 Å². The number of rotatable bonds is 2. The summed E-state index contributed by atoms with van der Waals surface area (Å²) in [5.41, 5.74) is 3.38. The van der Waals surface area contributed by atoms with Crippen LogP contribution in [-0.2, 0) is 5.41 Å². The summed E-state index contributed by atoms with van der Waals surface area (Å²) in [5, 5.41) is 13.3. The van der Waals surface area contributed by atoms with E-state index in [-0.39, 0.29) is 16.5 Å². The Morgan fingerprint density at radius 1 is 1.17 bits per heavy atom. The van der Waals surface area contributed by atoms with Gasteiger partial charge < -0.3 is 0 Å². The van der Waals surface area contributed by atoms with Crippen LogP contribution in [0.4, 0.5) is 0 Å². The van der Waals surface area contributed by atoms with E-state index in [1.807, 2.05) is 18.2 Å². The number of aromatic nitrogens is 1. The molecule has 1 aromatic heterocycles. The second-order valence-corrected chi connectivity index (χ2v) is 6.69. The minimum Gasteiger partial charge on any atom is -0.266 e.